The summed E-state index contributed by atoms with van der Waals surface area (Å²) in [6.45, 7) is 0. The normalized spacial score (nSPS) is 17.3. The van der Waals surface area contributed by atoms with E-state index in [1.54, 1.807) is 0 Å². The maximum absolute atomic E-state index is 2.12. The summed E-state index contributed by atoms with van der Waals surface area (Å²) in [5.74, 6) is 0. The first-order valence-corrected chi connectivity index (χ1v) is 4.15. The maximum Gasteiger partial charge on any atom is 0.00475 e. The Morgan fingerprint density at radius 1 is 0.500 bits per heavy atom. The average molecular weight is 157 g/mol. The molecule has 0 aromatic carbocycles. The summed E-state index contributed by atoms with van der Waals surface area (Å²) in [7, 11) is 0. The van der Waals surface area contributed by atoms with E-state index in [4.69, 9.17) is 0 Å². The van der Waals surface area contributed by atoms with E-state index >= 15 is 0 Å². The van der Waals surface area contributed by atoms with E-state index in [9.17, 15) is 0 Å². The van der Waals surface area contributed by atoms with Crippen molar-refractivity contribution in [2.45, 2.75) is 6.42 Å². The first kappa shape index (κ1) is 8.79. The van der Waals surface area contributed by atoms with Crippen LogP contribution in [0.2, 0.25) is 0 Å². The van der Waals surface area contributed by atoms with Crippen LogP contribution in [-0.4, -0.2) is 0 Å². The third kappa shape index (κ3) is 4.51. The van der Waals surface area contributed by atoms with Gasteiger partial charge in [-0.05, 0) is 6.42 Å². The van der Waals surface area contributed by atoms with Gasteiger partial charge in [0.1, 0.15) is 0 Å². The van der Waals surface area contributed by atoms with Crippen LogP contribution in [0, 0.1) is 6.42 Å². The van der Waals surface area contributed by atoms with Gasteiger partial charge in [-0.3, -0.25) is 0 Å². The van der Waals surface area contributed by atoms with Gasteiger partial charge in [-0.15, -0.1) is 0 Å². The molecule has 0 spiro atoms. The average Bonchev–Trinajstić information content (AvgIpc) is 2.05. The van der Waals surface area contributed by atoms with Gasteiger partial charge in [0.25, 0.3) is 0 Å². The highest BCUT2D eigenvalue weighted by molar-refractivity contribution is 5.20. The number of allylic oxidation sites excluding steroid dienone is 10. The van der Waals surface area contributed by atoms with Crippen LogP contribution in [0.4, 0.5) is 0 Å². The molecule has 0 aromatic rings. The molecule has 12 heavy (non-hydrogen) atoms. The third-order valence-corrected chi connectivity index (χ3v) is 1.43. The summed E-state index contributed by atoms with van der Waals surface area (Å²) in [6, 6.07) is 0. The Balaban J connectivity index is 2.55. The van der Waals surface area contributed by atoms with Gasteiger partial charge in [-0.1, -0.05) is 60.8 Å². The number of hydrogen-bond acceptors (Lipinski definition) is 0. The lowest BCUT2D eigenvalue weighted by Gasteiger charge is -1.83. The van der Waals surface area contributed by atoms with Crippen molar-refractivity contribution in [1.29, 1.82) is 0 Å². The molecule has 0 N–H and O–H groups in total. The van der Waals surface area contributed by atoms with Gasteiger partial charge in [0.15, 0.2) is 0 Å². The zero-order valence-electron chi connectivity index (χ0n) is 7.06. The molecule has 0 heteroatoms. The molecule has 0 amide bonds. The molecule has 1 aliphatic rings. The van der Waals surface area contributed by atoms with Crippen LogP contribution in [0.1, 0.15) is 6.42 Å². The summed E-state index contributed by atoms with van der Waals surface area (Å²) in [6.07, 6.45) is 23.5. The summed E-state index contributed by atoms with van der Waals surface area (Å²) in [5.41, 5.74) is 0. The second-order valence-electron chi connectivity index (χ2n) is 2.44. The van der Waals surface area contributed by atoms with Crippen molar-refractivity contribution in [3.63, 3.8) is 0 Å². The third-order valence-electron chi connectivity index (χ3n) is 1.43. The SMILES string of the molecule is [CH]1C=CC=CC=CC=CCC=C1. The van der Waals surface area contributed by atoms with E-state index in [2.05, 4.69) is 24.3 Å². The molecular formula is C12H13. The van der Waals surface area contributed by atoms with Crippen molar-refractivity contribution < 1.29 is 0 Å². The molecule has 0 unspecified atom stereocenters. The molecule has 0 saturated heterocycles. The fraction of sp³-hybridized carbons (Fsp3) is 0.0833. The van der Waals surface area contributed by atoms with Gasteiger partial charge in [0.2, 0.25) is 0 Å². The van der Waals surface area contributed by atoms with Crippen LogP contribution in [0.25, 0.3) is 0 Å². The molecule has 0 heterocycles. The number of hydrogen-bond donors (Lipinski definition) is 0. The Morgan fingerprint density at radius 2 is 1.08 bits per heavy atom. The lowest BCUT2D eigenvalue weighted by Crippen LogP contribution is -1.63. The van der Waals surface area contributed by atoms with Crippen LogP contribution >= 0.6 is 0 Å². The van der Waals surface area contributed by atoms with Crippen molar-refractivity contribution >= 4 is 0 Å². The zero-order chi connectivity index (χ0) is 8.49. The van der Waals surface area contributed by atoms with E-state index < -0.39 is 0 Å². The Hall–Kier alpha value is -1.30. The van der Waals surface area contributed by atoms with Crippen LogP contribution < -0.4 is 0 Å². The molecule has 61 valence electrons. The second kappa shape index (κ2) is 6.41. The lowest BCUT2D eigenvalue weighted by molar-refractivity contribution is 1.38. The minimum atomic E-state index is 0.998. The Kier molecular flexibility index (Phi) is 4.70. The smallest absolute Gasteiger partial charge is 0.00475 e. The van der Waals surface area contributed by atoms with Crippen LogP contribution in [-0.2, 0) is 0 Å². The van der Waals surface area contributed by atoms with E-state index in [-0.39, 0.29) is 0 Å². The molecule has 0 aromatic heterocycles. The Bertz CT molecular complexity index is 211. The standard InChI is InChI=1S/C12H13/c1-2-4-6-8-10-12-11-9-7-5-3-1/h1-11H,12H2. The van der Waals surface area contributed by atoms with Gasteiger partial charge in [0, 0.05) is 6.42 Å². The molecular weight excluding hydrogens is 144 g/mol. The lowest BCUT2D eigenvalue weighted by atomic mass is 10.2. The summed E-state index contributed by atoms with van der Waals surface area (Å²) in [5, 5.41) is 0. The molecule has 1 aliphatic carbocycles. The summed E-state index contributed by atoms with van der Waals surface area (Å²) < 4.78 is 0. The van der Waals surface area contributed by atoms with E-state index in [1.807, 2.05) is 42.9 Å². The topological polar surface area (TPSA) is 0 Å². The molecule has 0 nitrogen and oxygen atoms in total. The van der Waals surface area contributed by atoms with Crippen molar-refractivity contribution in [2.24, 2.45) is 0 Å². The molecule has 0 fully saturated rings. The largest absolute Gasteiger partial charge is 0.0841 e. The van der Waals surface area contributed by atoms with Crippen molar-refractivity contribution in [3.05, 3.63) is 67.2 Å². The number of rotatable bonds is 0. The minimum absolute atomic E-state index is 0.998. The highest BCUT2D eigenvalue weighted by atomic mass is 13.8. The fourth-order valence-electron chi connectivity index (χ4n) is 0.842. The van der Waals surface area contributed by atoms with Crippen LogP contribution in [0.15, 0.2) is 60.8 Å². The molecule has 1 radical (unpaired) electrons. The summed E-state index contributed by atoms with van der Waals surface area (Å²) >= 11 is 0. The van der Waals surface area contributed by atoms with Gasteiger partial charge < -0.3 is 0 Å². The van der Waals surface area contributed by atoms with Gasteiger partial charge >= 0.3 is 0 Å². The Morgan fingerprint density at radius 3 is 1.92 bits per heavy atom. The van der Waals surface area contributed by atoms with Crippen molar-refractivity contribution in [1.82, 2.24) is 0 Å². The second-order valence-corrected chi connectivity index (χ2v) is 2.44. The van der Waals surface area contributed by atoms with Crippen LogP contribution in [0.5, 0.6) is 0 Å². The molecule has 1 rings (SSSR count). The van der Waals surface area contributed by atoms with Gasteiger partial charge in [-0.2, -0.15) is 0 Å². The van der Waals surface area contributed by atoms with E-state index in [1.165, 1.54) is 0 Å². The quantitative estimate of drug-likeness (QED) is 0.505. The highest BCUT2D eigenvalue weighted by Gasteiger charge is 1.72. The van der Waals surface area contributed by atoms with E-state index in [0.717, 1.165) is 6.42 Å². The van der Waals surface area contributed by atoms with Crippen LogP contribution in [0.3, 0.4) is 0 Å². The fourth-order valence-corrected chi connectivity index (χ4v) is 0.842. The van der Waals surface area contributed by atoms with Gasteiger partial charge in [-0.25, -0.2) is 0 Å². The summed E-state index contributed by atoms with van der Waals surface area (Å²) in [4.78, 5) is 0. The van der Waals surface area contributed by atoms with Gasteiger partial charge in [0.05, 0.1) is 0 Å². The predicted octanol–water partition coefficient (Wildman–Crippen LogP) is 3.38. The first-order chi connectivity index (χ1) is 6.00. The molecule has 0 bridgehead atoms. The first-order valence-electron chi connectivity index (χ1n) is 4.15. The molecule has 0 atom stereocenters. The monoisotopic (exact) mass is 157 g/mol. The molecule has 0 saturated carbocycles. The molecule has 0 aliphatic heterocycles. The zero-order valence-corrected chi connectivity index (χ0v) is 7.06. The predicted molar refractivity (Wildman–Crippen MR) is 54.6 cm³/mol. The minimum Gasteiger partial charge on any atom is -0.0841 e. The highest BCUT2D eigenvalue weighted by Crippen LogP contribution is 1.92. The van der Waals surface area contributed by atoms with Crippen molar-refractivity contribution in [2.75, 3.05) is 0 Å². The van der Waals surface area contributed by atoms with Crippen molar-refractivity contribution in [3.8, 4) is 0 Å². The maximum atomic E-state index is 2.12. The Labute approximate surface area is 74.3 Å². The van der Waals surface area contributed by atoms with E-state index in [0.29, 0.717) is 0 Å².